The highest BCUT2D eigenvalue weighted by Gasteiger charge is 2.25. The minimum absolute atomic E-state index is 0.116. The molecule has 0 unspecified atom stereocenters. The zero-order chi connectivity index (χ0) is 20.2. The van der Waals surface area contributed by atoms with Gasteiger partial charge in [0.1, 0.15) is 23.6 Å². The third-order valence-corrected chi connectivity index (χ3v) is 5.91. The number of aromatic amines is 1. The van der Waals surface area contributed by atoms with Crippen LogP contribution in [0.2, 0.25) is 5.02 Å². The summed E-state index contributed by atoms with van der Waals surface area (Å²) >= 11 is 6.06. The first kappa shape index (κ1) is 17.4. The molecule has 0 saturated heterocycles. The van der Waals surface area contributed by atoms with E-state index in [-0.39, 0.29) is 10.8 Å². The minimum atomic E-state index is -0.389. The molecular formula is C23H15ClFN5. The topological polar surface area (TPSA) is 57.7 Å². The summed E-state index contributed by atoms with van der Waals surface area (Å²) in [5, 5.41) is 2.10. The van der Waals surface area contributed by atoms with Gasteiger partial charge in [-0.1, -0.05) is 17.7 Å². The Labute approximate surface area is 176 Å². The van der Waals surface area contributed by atoms with Crippen molar-refractivity contribution in [1.82, 2.24) is 19.9 Å². The molecule has 0 spiro atoms. The predicted molar refractivity (Wildman–Crippen MR) is 117 cm³/mol. The maximum Gasteiger partial charge on any atom is 0.144 e. The molecule has 5 aromatic rings. The lowest BCUT2D eigenvalue weighted by molar-refractivity contribution is 0.627. The van der Waals surface area contributed by atoms with E-state index in [1.165, 1.54) is 6.07 Å². The molecule has 0 fully saturated rings. The molecule has 7 heteroatoms. The standard InChI is InChI=1S/C23H15ClFN5/c24-18-10-21-14(9-19(18)25)4-6-30(21)23-17-8-13(1-2-20(17)28-12-29-23)16-7-15-3-5-26-22(15)27-11-16/h1-3,5,7-12H,4,6H2,(H,26,27). The molecule has 30 heavy (non-hydrogen) atoms. The third-order valence-electron chi connectivity index (χ3n) is 5.62. The van der Waals surface area contributed by atoms with Crippen LogP contribution in [-0.4, -0.2) is 26.5 Å². The maximum atomic E-state index is 13.9. The number of hydrogen-bond donors (Lipinski definition) is 1. The van der Waals surface area contributed by atoms with E-state index in [2.05, 4.69) is 37.0 Å². The molecule has 6 rings (SSSR count). The van der Waals surface area contributed by atoms with Gasteiger partial charge in [-0.05, 0) is 53.9 Å². The van der Waals surface area contributed by atoms with Gasteiger partial charge in [0.2, 0.25) is 0 Å². The molecule has 0 bridgehead atoms. The summed E-state index contributed by atoms with van der Waals surface area (Å²) in [6.45, 7) is 0.711. The van der Waals surface area contributed by atoms with Crippen molar-refractivity contribution < 1.29 is 4.39 Å². The first-order valence-corrected chi connectivity index (χ1v) is 9.99. The van der Waals surface area contributed by atoms with Crippen LogP contribution in [0.3, 0.4) is 0 Å². The number of benzene rings is 2. The number of fused-ring (bicyclic) bond motifs is 3. The van der Waals surface area contributed by atoms with Gasteiger partial charge in [0, 0.05) is 41.0 Å². The van der Waals surface area contributed by atoms with E-state index in [9.17, 15) is 4.39 Å². The summed E-state index contributed by atoms with van der Waals surface area (Å²) < 4.78 is 13.9. The second-order valence-electron chi connectivity index (χ2n) is 7.37. The van der Waals surface area contributed by atoms with Crippen LogP contribution >= 0.6 is 11.6 Å². The fourth-order valence-electron chi connectivity index (χ4n) is 4.14. The van der Waals surface area contributed by atoms with E-state index in [1.807, 2.05) is 30.6 Å². The van der Waals surface area contributed by atoms with Gasteiger partial charge in [-0.25, -0.2) is 19.3 Å². The monoisotopic (exact) mass is 415 g/mol. The van der Waals surface area contributed by atoms with Gasteiger partial charge >= 0.3 is 0 Å². The number of hydrogen-bond acceptors (Lipinski definition) is 4. The Balaban J connectivity index is 1.51. The van der Waals surface area contributed by atoms with Crippen molar-refractivity contribution in [3.63, 3.8) is 0 Å². The van der Waals surface area contributed by atoms with Crippen molar-refractivity contribution in [1.29, 1.82) is 0 Å². The number of nitrogens with one attached hydrogen (secondary N) is 1. The van der Waals surface area contributed by atoms with Crippen LogP contribution in [-0.2, 0) is 6.42 Å². The van der Waals surface area contributed by atoms with Crippen LogP contribution in [0, 0.1) is 5.82 Å². The van der Waals surface area contributed by atoms with Gasteiger partial charge in [0.15, 0.2) is 0 Å². The highest BCUT2D eigenvalue weighted by molar-refractivity contribution is 6.31. The van der Waals surface area contributed by atoms with Crippen molar-refractivity contribution in [3.05, 3.63) is 77.6 Å². The fourth-order valence-corrected chi connectivity index (χ4v) is 4.29. The van der Waals surface area contributed by atoms with E-state index in [4.69, 9.17) is 11.6 Å². The average Bonchev–Trinajstić information content (AvgIpc) is 3.39. The number of anilines is 2. The van der Waals surface area contributed by atoms with Gasteiger partial charge in [0.25, 0.3) is 0 Å². The van der Waals surface area contributed by atoms with Crippen molar-refractivity contribution in [2.24, 2.45) is 0 Å². The average molecular weight is 416 g/mol. The van der Waals surface area contributed by atoms with Gasteiger partial charge in [-0.2, -0.15) is 0 Å². The van der Waals surface area contributed by atoms with Gasteiger partial charge in [-0.15, -0.1) is 0 Å². The zero-order valence-corrected chi connectivity index (χ0v) is 16.5. The quantitative estimate of drug-likeness (QED) is 0.404. The highest BCUT2D eigenvalue weighted by atomic mass is 35.5. The number of nitrogens with zero attached hydrogens (tertiary/aromatic N) is 4. The largest absolute Gasteiger partial charge is 0.346 e. The van der Waals surface area contributed by atoms with E-state index in [0.717, 1.165) is 56.6 Å². The summed E-state index contributed by atoms with van der Waals surface area (Å²) in [5.41, 5.74) is 5.59. The molecule has 0 saturated carbocycles. The summed E-state index contributed by atoms with van der Waals surface area (Å²) in [6.07, 6.45) is 6.04. The Morgan fingerprint density at radius 1 is 1.00 bits per heavy atom. The number of pyridine rings is 1. The molecule has 0 radical (unpaired) electrons. The number of H-pyrrole nitrogens is 1. The van der Waals surface area contributed by atoms with Crippen molar-refractivity contribution in [2.75, 3.05) is 11.4 Å². The van der Waals surface area contributed by atoms with Gasteiger partial charge in [-0.3, -0.25) is 0 Å². The minimum Gasteiger partial charge on any atom is -0.346 e. The first-order chi connectivity index (χ1) is 14.7. The Kier molecular flexibility index (Phi) is 3.76. The zero-order valence-electron chi connectivity index (χ0n) is 15.7. The normalized spacial score (nSPS) is 13.3. The Hall–Kier alpha value is -3.51. The van der Waals surface area contributed by atoms with Crippen molar-refractivity contribution in [2.45, 2.75) is 6.42 Å². The van der Waals surface area contributed by atoms with Crippen LogP contribution in [0.25, 0.3) is 33.1 Å². The van der Waals surface area contributed by atoms with Crippen LogP contribution < -0.4 is 4.90 Å². The lowest BCUT2D eigenvalue weighted by Crippen LogP contribution is -2.15. The number of halogens is 2. The molecule has 0 aliphatic carbocycles. The second-order valence-corrected chi connectivity index (χ2v) is 7.77. The molecule has 2 aromatic carbocycles. The molecule has 146 valence electrons. The lowest BCUT2D eigenvalue weighted by Gasteiger charge is -2.20. The Morgan fingerprint density at radius 3 is 2.87 bits per heavy atom. The van der Waals surface area contributed by atoms with Crippen LogP contribution in [0.5, 0.6) is 0 Å². The maximum absolute atomic E-state index is 13.9. The number of rotatable bonds is 2. The molecule has 0 atom stereocenters. The van der Waals surface area contributed by atoms with E-state index in [0.29, 0.717) is 6.54 Å². The van der Waals surface area contributed by atoms with E-state index >= 15 is 0 Å². The fraction of sp³-hybridized carbons (Fsp3) is 0.0870. The molecule has 0 amide bonds. The predicted octanol–water partition coefficient (Wildman–Crippen LogP) is 5.66. The first-order valence-electron chi connectivity index (χ1n) is 9.61. The second kappa shape index (κ2) is 6.50. The van der Waals surface area contributed by atoms with E-state index in [1.54, 1.807) is 12.4 Å². The van der Waals surface area contributed by atoms with Crippen LogP contribution in [0.1, 0.15) is 5.56 Å². The summed E-state index contributed by atoms with van der Waals surface area (Å²) in [4.78, 5) is 18.7. The molecule has 3 aromatic heterocycles. The highest BCUT2D eigenvalue weighted by Crippen LogP contribution is 2.39. The smallest absolute Gasteiger partial charge is 0.144 e. The Bertz CT molecular complexity index is 1440. The molecule has 1 aliphatic heterocycles. The summed E-state index contributed by atoms with van der Waals surface area (Å²) in [5.74, 6) is 0.402. The van der Waals surface area contributed by atoms with Crippen LogP contribution in [0.15, 0.2) is 61.2 Å². The summed E-state index contributed by atoms with van der Waals surface area (Å²) in [7, 11) is 0. The van der Waals surface area contributed by atoms with Crippen molar-refractivity contribution >= 4 is 45.0 Å². The van der Waals surface area contributed by atoms with Crippen molar-refractivity contribution in [3.8, 4) is 11.1 Å². The molecule has 5 nitrogen and oxygen atoms in total. The van der Waals surface area contributed by atoms with Gasteiger partial charge in [0.05, 0.1) is 10.5 Å². The third kappa shape index (κ3) is 2.64. The van der Waals surface area contributed by atoms with Gasteiger partial charge < -0.3 is 9.88 Å². The Morgan fingerprint density at radius 2 is 1.93 bits per heavy atom. The lowest BCUT2D eigenvalue weighted by atomic mass is 10.0. The molecule has 1 N–H and O–H groups in total. The number of aromatic nitrogens is 4. The van der Waals surface area contributed by atoms with E-state index < -0.39 is 0 Å². The molecular weight excluding hydrogens is 401 g/mol. The molecule has 4 heterocycles. The summed E-state index contributed by atoms with van der Waals surface area (Å²) in [6, 6.07) is 13.4. The molecule has 1 aliphatic rings. The van der Waals surface area contributed by atoms with Crippen LogP contribution in [0.4, 0.5) is 15.9 Å². The SMILES string of the molecule is Fc1cc2c(cc1Cl)N(c1ncnc3ccc(-c4cnc5[nH]ccc5c4)cc13)CC2.